The standard InChI is InChI=1S/C10H12N2O2/c1-11-5-3-4-7-8(10(13)14)6-12(2)9(7)11/h3-6,9H,1-2H3,(H,13,14). The first kappa shape index (κ1) is 8.87. The molecule has 0 aromatic carbocycles. The Labute approximate surface area is 82.4 Å². The Hall–Kier alpha value is -1.71. The SMILES string of the molecule is CN1C=CC=C2C(C(=O)O)=CN(C)C21. The highest BCUT2D eigenvalue weighted by Gasteiger charge is 2.33. The molecule has 4 nitrogen and oxygen atoms in total. The Balaban J connectivity index is 2.41. The number of carboxylic acids is 1. The van der Waals surface area contributed by atoms with Gasteiger partial charge >= 0.3 is 5.97 Å². The van der Waals surface area contributed by atoms with Crippen molar-refractivity contribution in [1.29, 1.82) is 0 Å². The van der Waals surface area contributed by atoms with Gasteiger partial charge in [-0.2, -0.15) is 0 Å². The average molecular weight is 192 g/mol. The van der Waals surface area contributed by atoms with E-state index in [9.17, 15) is 4.79 Å². The predicted octanol–water partition coefficient (Wildman–Crippen LogP) is 0.612. The molecule has 2 heterocycles. The first-order valence-electron chi connectivity index (χ1n) is 4.39. The molecule has 0 aromatic heterocycles. The van der Waals surface area contributed by atoms with Crippen LogP contribution in [0, 0.1) is 0 Å². The van der Waals surface area contributed by atoms with Crippen LogP contribution in [-0.2, 0) is 4.79 Å². The molecule has 0 amide bonds. The zero-order valence-corrected chi connectivity index (χ0v) is 8.14. The van der Waals surface area contributed by atoms with E-state index in [1.54, 1.807) is 6.20 Å². The number of likely N-dealkylation sites (N-methyl/N-ethyl adjacent to an activating group) is 2. The zero-order valence-electron chi connectivity index (χ0n) is 8.14. The van der Waals surface area contributed by atoms with Gasteiger partial charge < -0.3 is 14.9 Å². The van der Waals surface area contributed by atoms with Crippen molar-refractivity contribution in [1.82, 2.24) is 9.80 Å². The maximum absolute atomic E-state index is 10.9. The van der Waals surface area contributed by atoms with Crippen molar-refractivity contribution >= 4 is 5.97 Å². The van der Waals surface area contributed by atoms with Gasteiger partial charge in [0.1, 0.15) is 6.17 Å². The third-order valence-corrected chi connectivity index (χ3v) is 2.52. The number of allylic oxidation sites excluding steroid dienone is 2. The lowest BCUT2D eigenvalue weighted by Gasteiger charge is -2.32. The normalized spacial score (nSPS) is 24.6. The predicted molar refractivity (Wildman–Crippen MR) is 52.3 cm³/mol. The zero-order chi connectivity index (χ0) is 10.3. The van der Waals surface area contributed by atoms with Gasteiger partial charge in [0, 0.05) is 32.1 Å². The summed E-state index contributed by atoms with van der Waals surface area (Å²) in [5.74, 6) is -0.866. The molecule has 1 N–H and O–H groups in total. The largest absolute Gasteiger partial charge is 0.478 e. The number of hydrogen-bond acceptors (Lipinski definition) is 3. The number of carboxylic acid groups (broad SMARTS) is 1. The van der Waals surface area contributed by atoms with Crippen LogP contribution < -0.4 is 0 Å². The fourth-order valence-corrected chi connectivity index (χ4v) is 1.93. The van der Waals surface area contributed by atoms with Gasteiger partial charge in [-0.05, 0) is 6.08 Å². The van der Waals surface area contributed by atoms with Crippen molar-refractivity contribution in [2.24, 2.45) is 0 Å². The Morgan fingerprint density at radius 3 is 2.79 bits per heavy atom. The van der Waals surface area contributed by atoms with E-state index in [4.69, 9.17) is 5.11 Å². The highest BCUT2D eigenvalue weighted by Crippen LogP contribution is 2.30. The van der Waals surface area contributed by atoms with Gasteiger partial charge in [-0.15, -0.1) is 0 Å². The van der Waals surface area contributed by atoms with Gasteiger partial charge in [0.05, 0.1) is 5.57 Å². The van der Waals surface area contributed by atoms with E-state index >= 15 is 0 Å². The Morgan fingerprint density at radius 2 is 2.14 bits per heavy atom. The molecule has 2 aliphatic heterocycles. The van der Waals surface area contributed by atoms with Crippen LogP contribution in [-0.4, -0.2) is 41.1 Å². The number of carbonyl (C=O) groups is 1. The van der Waals surface area contributed by atoms with E-state index < -0.39 is 5.97 Å². The molecule has 74 valence electrons. The molecule has 0 fully saturated rings. The van der Waals surface area contributed by atoms with Crippen LogP contribution in [0.4, 0.5) is 0 Å². The van der Waals surface area contributed by atoms with Crippen LogP contribution in [0.2, 0.25) is 0 Å². The minimum absolute atomic E-state index is 0.0334. The molecule has 0 spiro atoms. The summed E-state index contributed by atoms with van der Waals surface area (Å²) in [6.45, 7) is 0. The summed E-state index contributed by atoms with van der Waals surface area (Å²) in [5, 5.41) is 8.98. The van der Waals surface area contributed by atoms with Crippen molar-refractivity contribution in [2.75, 3.05) is 14.1 Å². The summed E-state index contributed by atoms with van der Waals surface area (Å²) in [5.41, 5.74) is 1.23. The van der Waals surface area contributed by atoms with Gasteiger partial charge in [0.25, 0.3) is 0 Å². The lowest BCUT2D eigenvalue weighted by Crippen LogP contribution is -2.38. The minimum Gasteiger partial charge on any atom is -0.478 e. The summed E-state index contributed by atoms with van der Waals surface area (Å²) in [6, 6.07) is 0. The molecule has 1 atom stereocenters. The fraction of sp³-hybridized carbons (Fsp3) is 0.300. The molecule has 4 heteroatoms. The third kappa shape index (κ3) is 1.11. The molecule has 2 rings (SSSR count). The molecule has 2 aliphatic rings. The van der Waals surface area contributed by atoms with E-state index in [0.717, 1.165) is 5.57 Å². The van der Waals surface area contributed by atoms with Gasteiger partial charge in [0.15, 0.2) is 0 Å². The highest BCUT2D eigenvalue weighted by molar-refractivity contribution is 5.93. The molecular weight excluding hydrogens is 180 g/mol. The maximum Gasteiger partial charge on any atom is 0.337 e. The van der Waals surface area contributed by atoms with Gasteiger partial charge in [0.2, 0.25) is 0 Å². The molecule has 0 aliphatic carbocycles. The second-order valence-corrected chi connectivity index (χ2v) is 3.52. The summed E-state index contributed by atoms with van der Waals surface area (Å²) in [4.78, 5) is 14.8. The molecular formula is C10H12N2O2. The Morgan fingerprint density at radius 1 is 1.43 bits per heavy atom. The number of nitrogens with zero attached hydrogens (tertiary/aromatic N) is 2. The van der Waals surface area contributed by atoms with Gasteiger partial charge in [-0.3, -0.25) is 0 Å². The number of fused-ring (bicyclic) bond motifs is 1. The molecule has 0 saturated heterocycles. The monoisotopic (exact) mass is 192 g/mol. The molecule has 0 radical (unpaired) electrons. The third-order valence-electron chi connectivity index (χ3n) is 2.52. The molecule has 0 saturated carbocycles. The number of hydrogen-bond donors (Lipinski definition) is 1. The van der Waals surface area contributed by atoms with Crippen LogP contribution in [0.3, 0.4) is 0 Å². The van der Waals surface area contributed by atoms with Gasteiger partial charge in [-0.1, -0.05) is 6.08 Å². The summed E-state index contributed by atoms with van der Waals surface area (Å²) in [6.07, 6.45) is 7.35. The van der Waals surface area contributed by atoms with E-state index in [1.807, 2.05) is 42.2 Å². The van der Waals surface area contributed by atoms with Crippen LogP contribution in [0.25, 0.3) is 0 Å². The average Bonchev–Trinajstić information content (AvgIpc) is 2.45. The van der Waals surface area contributed by atoms with Crippen molar-refractivity contribution < 1.29 is 9.90 Å². The lowest BCUT2D eigenvalue weighted by molar-refractivity contribution is -0.132. The summed E-state index contributed by atoms with van der Waals surface area (Å²) in [7, 11) is 3.81. The quantitative estimate of drug-likeness (QED) is 0.661. The Kier molecular flexibility index (Phi) is 1.84. The summed E-state index contributed by atoms with van der Waals surface area (Å²) >= 11 is 0. The molecule has 1 unspecified atom stereocenters. The van der Waals surface area contributed by atoms with Crippen molar-refractivity contribution in [2.45, 2.75) is 6.17 Å². The van der Waals surface area contributed by atoms with Crippen LogP contribution in [0.1, 0.15) is 0 Å². The van der Waals surface area contributed by atoms with E-state index in [2.05, 4.69) is 0 Å². The Bertz CT molecular complexity index is 368. The second kappa shape index (κ2) is 2.90. The fourth-order valence-electron chi connectivity index (χ4n) is 1.93. The van der Waals surface area contributed by atoms with E-state index in [0.29, 0.717) is 5.57 Å². The first-order valence-corrected chi connectivity index (χ1v) is 4.39. The van der Waals surface area contributed by atoms with E-state index in [1.165, 1.54) is 0 Å². The van der Waals surface area contributed by atoms with Crippen molar-refractivity contribution in [3.63, 3.8) is 0 Å². The van der Waals surface area contributed by atoms with Gasteiger partial charge in [-0.25, -0.2) is 4.79 Å². The van der Waals surface area contributed by atoms with Crippen LogP contribution >= 0.6 is 0 Å². The van der Waals surface area contributed by atoms with Crippen molar-refractivity contribution in [3.8, 4) is 0 Å². The second-order valence-electron chi connectivity index (χ2n) is 3.52. The highest BCUT2D eigenvalue weighted by atomic mass is 16.4. The number of rotatable bonds is 1. The minimum atomic E-state index is -0.866. The molecule has 0 bridgehead atoms. The summed E-state index contributed by atoms with van der Waals surface area (Å²) < 4.78 is 0. The van der Waals surface area contributed by atoms with Crippen LogP contribution in [0.5, 0.6) is 0 Å². The smallest absolute Gasteiger partial charge is 0.337 e. The first-order chi connectivity index (χ1) is 6.61. The number of aliphatic carboxylic acids is 1. The van der Waals surface area contributed by atoms with Crippen molar-refractivity contribution in [3.05, 3.63) is 35.7 Å². The lowest BCUT2D eigenvalue weighted by atomic mass is 10.0. The van der Waals surface area contributed by atoms with E-state index in [-0.39, 0.29) is 6.17 Å². The molecule has 14 heavy (non-hydrogen) atoms. The van der Waals surface area contributed by atoms with Crippen LogP contribution in [0.15, 0.2) is 35.7 Å². The maximum atomic E-state index is 10.9. The molecule has 0 aromatic rings. The topological polar surface area (TPSA) is 43.8 Å².